The number of ether oxygens (including phenoxy) is 1. The van der Waals surface area contributed by atoms with Gasteiger partial charge in [0.2, 0.25) is 0 Å². The van der Waals surface area contributed by atoms with E-state index in [0.29, 0.717) is 17.3 Å². The molecule has 4 heteroatoms. The topological polar surface area (TPSA) is 41.5 Å². The van der Waals surface area contributed by atoms with Crippen molar-refractivity contribution >= 4 is 11.6 Å². The molecule has 2 rings (SSSR count). The maximum Gasteiger partial charge on any atom is 0.125 e. The van der Waals surface area contributed by atoms with Crippen LogP contribution in [-0.2, 0) is 6.54 Å². The molecule has 0 aliphatic heterocycles. The minimum atomic E-state index is -0.265. The van der Waals surface area contributed by atoms with Crippen LogP contribution in [0.3, 0.4) is 0 Å². The molecule has 20 heavy (non-hydrogen) atoms. The lowest BCUT2D eigenvalue weighted by Gasteiger charge is -2.20. The first-order valence-corrected chi connectivity index (χ1v) is 6.84. The Balaban J connectivity index is 2.16. The average Bonchev–Trinajstić information content (AvgIpc) is 2.50. The molecular weight excluding hydrogens is 274 g/mol. The largest absolute Gasteiger partial charge is 0.496 e. The van der Waals surface area contributed by atoms with Crippen molar-refractivity contribution in [2.45, 2.75) is 12.6 Å². The van der Waals surface area contributed by atoms with E-state index in [1.165, 1.54) is 0 Å². The third kappa shape index (κ3) is 3.51. The van der Waals surface area contributed by atoms with Gasteiger partial charge in [0, 0.05) is 17.1 Å². The molecular formula is C16H18ClNO2. The quantitative estimate of drug-likeness (QED) is 0.859. The van der Waals surface area contributed by atoms with Crippen molar-refractivity contribution in [3.05, 3.63) is 64.7 Å². The van der Waals surface area contributed by atoms with Gasteiger partial charge in [0.1, 0.15) is 5.75 Å². The Labute approximate surface area is 124 Å². The van der Waals surface area contributed by atoms with E-state index >= 15 is 0 Å². The molecule has 106 valence electrons. The maximum absolute atomic E-state index is 9.63. The molecule has 0 heterocycles. The summed E-state index contributed by atoms with van der Waals surface area (Å²) in [7, 11) is 1.60. The molecule has 0 radical (unpaired) electrons. The fraction of sp³-hybridized carbons (Fsp3) is 0.250. The van der Waals surface area contributed by atoms with Gasteiger partial charge in [-0.1, -0.05) is 48.0 Å². The van der Waals surface area contributed by atoms with Crippen LogP contribution >= 0.6 is 11.6 Å². The van der Waals surface area contributed by atoms with Crippen molar-refractivity contribution in [1.82, 2.24) is 5.32 Å². The van der Waals surface area contributed by atoms with Crippen molar-refractivity contribution < 1.29 is 9.84 Å². The van der Waals surface area contributed by atoms with Crippen molar-refractivity contribution in [3.8, 4) is 5.75 Å². The van der Waals surface area contributed by atoms with Gasteiger partial charge in [0.05, 0.1) is 19.8 Å². The lowest BCUT2D eigenvalue weighted by molar-refractivity contribution is 0.240. The summed E-state index contributed by atoms with van der Waals surface area (Å²) in [6, 6.07) is 15.2. The van der Waals surface area contributed by atoms with E-state index < -0.39 is 0 Å². The molecule has 0 amide bonds. The number of aliphatic hydroxyl groups is 1. The van der Waals surface area contributed by atoms with E-state index in [1.54, 1.807) is 13.2 Å². The van der Waals surface area contributed by atoms with Crippen LogP contribution in [0.15, 0.2) is 48.5 Å². The van der Waals surface area contributed by atoms with Gasteiger partial charge >= 0.3 is 0 Å². The highest BCUT2D eigenvalue weighted by Gasteiger charge is 2.18. The minimum Gasteiger partial charge on any atom is -0.496 e. The molecule has 3 nitrogen and oxygen atoms in total. The smallest absolute Gasteiger partial charge is 0.125 e. The number of halogens is 1. The van der Waals surface area contributed by atoms with Gasteiger partial charge in [-0.05, 0) is 17.7 Å². The summed E-state index contributed by atoms with van der Waals surface area (Å²) in [5.41, 5.74) is 1.94. The number of hydrogen-bond acceptors (Lipinski definition) is 3. The molecule has 0 aliphatic rings. The van der Waals surface area contributed by atoms with Crippen molar-refractivity contribution in [3.63, 3.8) is 0 Å². The van der Waals surface area contributed by atoms with E-state index in [-0.39, 0.29) is 12.6 Å². The summed E-state index contributed by atoms with van der Waals surface area (Å²) in [6.07, 6.45) is 0. The van der Waals surface area contributed by atoms with Gasteiger partial charge in [-0.25, -0.2) is 0 Å². The molecule has 0 spiro atoms. The van der Waals surface area contributed by atoms with E-state index in [1.807, 2.05) is 42.5 Å². The summed E-state index contributed by atoms with van der Waals surface area (Å²) < 4.78 is 5.33. The zero-order chi connectivity index (χ0) is 14.4. The van der Waals surface area contributed by atoms with E-state index in [2.05, 4.69) is 5.32 Å². The Morgan fingerprint density at radius 3 is 2.55 bits per heavy atom. The summed E-state index contributed by atoms with van der Waals surface area (Å²) in [5, 5.41) is 13.5. The van der Waals surface area contributed by atoms with Crippen LogP contribution in [0, 0.1) is 0 Å². The molecule has 0 aliphatic carbocycles. The van der Waals surface area contributed by atoms with Gasteiger partial charge in [-0.3, -0.25) is 0 Å². The number of hydrogen-bond donors (Lipinski definition) is 2. The standard InChI is InChI=1S/C16H18ClNO2/c1-20-15-9-5-8-13(17)16(15)14(11-19)18-10-12-6-3-2-4-7-12/h2-9,14,18-19H,10-11H2,1H3. The zero-order valence-electron chi connectivity index (χ0n) is 11.3. The fourth-order valence-corrected chi connectivity index (χ4v) is 2.43. The molecule has 2 aromatic carbocycles. The highest BCUT2D eigenvalue weighted by Crippen LogP contribution is 2.32. The normalized spacial score (nSPS) is 12.2. The van der Waals surface area contributed by atoms with Crippen LogP contribution < -0.4 is 10.1 Å². The number of benzene rings is 2. The van der Waals surface area contributed by atoms with Crippen LogP contribution in [0.2, 0.25) is 5.02 Å². The molecule has 0 fully saturated rings. The minimum absolute atomic E-state index is 0.0487. The number of aliphatic hydroxyl groups excluding tert-OH is 1. The van der Waals surface area contributed by atoms with Gasteiger partial charge in [0.25, 0.3) is 0 Å². The first-order chi connectivity index (χ1) is 9.76. The summed E-state index contributed by atoms with van der Waals surface area (Å²) in [5.74, 6) is 0.678. The molecule has 2 N–H and O–H groups in total. The van der Waals surface area contributed by atoms with E-state index in [4.69, 9.17) is 16.3 Å². The first-order valence-electron chi connectivity index (χ1n) is 6.46. The number of methoxy groups -OCH3 is 1. The van der Waals surface area contributed by atoms with Gasteiger partial charge < -0.3 is 15.2 Å². The fourth-order valence-electron chi connectivity index (χ4n) is 2.13. The average molecular weight is 292 g/mol. The van der Waals surface area contributed by atoms with Crippen LogP contribution in [0.25, 0.3) is 0 Å². The third-order valence-electron chi connectivity index (χ3n) is 3.16. The Bertz CT molecular complexity index is 545. The van der Waals surface area contributed by atoms with Crippen LogP contribution in [0.1, 0.15) is 17.2 Å². The van der Waals surface area contributed by atoms with E-state index in [0.717, 1.165) is 11.1 Å². The lowest BCUT2D eigenvalue weighted by atomic mass is 10.1. The number of rotatable bonds is 6. The Hall–Kier alpha value is -1.55. The summed E-state index contributed by atoms with van der Waals surface area (Å²) in [6.45, 7) is 0.605. The second-order valence-corrected chi connectivity index (χ2v) is 4.86. The number of nitrogens with one attached hydrogen (secondary N) is 1. The van der Waals surface area contributed by atoms with Gasteiger partial charge in [-0.2, -0.15) is 0 Å². The Morgan fingerprint density at radius 2 is 1.90 bits per heavy atom. The monoisotopic (exact) mass is 291 g/mol. The van der Waals surface area contributed by atoms with Gasteiger partial charge in [-0.15, -0.1) is 0 Å². The predicted molar refractivity (Wildman–Crippen MR) is 81.1 cm³/mol. The molecule has 1 unspecified atom stereocenters. The van der Waals surface area contributed by atoms with Crippen molar-refractivity contribution in [1.29, 1.82) is 0 Å². The van der Waals surface area contributed by atoms with Crippen LogP contribution in [0.4, 0.5) is 0 Å². The Morgan fingerprint density at radius 1 is 1.15 bits per heavy atom. The molecule has 0 saturated heterocycles. The highest BCUT2D eigenvalue weighted by atomic mass is 35.5. The highest BCUT2D eigenvalue weighted by molar-refractivity contribution is 6.31. The van der Waals surface area contributed by atoms with Gasteiger partial charge in [0.15, 0.2) is 0 Å². The molecule has 0 aromatic heterocycles. The summed E-state index contributed by atoms with van der Waals surface area (Å²) in [4.78, 5) is 0. The molecule has 0 saturated carbocycles. The SMILES string of the molecule is COc1cccc(Cl)c1C(CO)NCc1ccccc1. The summed E-state index contributed by atoms with van der Waals surface area (Å²) >= 11 is 6.23. The van der Waals surface area contributed by atoms with Crippen LogP contribution in [-0.4, -0.2) is 18.8 Å². The predicted octanol–water partition coefficient (Wildman–Crippen LogP) is 3.17. The van der Waals surface area contributed by atoms with Crippen molar-refractivity contribution in [2.75, 3.05) is 13.7 Å². The molecule has 1 atom stereocenters. The first kappa shape index (κ1) is 14.9. The second kappa shape index (κ2) is 7.29. The Kier molecular flexibility index (Phi) is 5.41. The van der Waals surface area contributed by atoms with E-state index in [9.17, 15) is 5.11 Å². The zero-order valence-corrected chi connectivity index (χ0v) is 12.1. The van der Waals surface area contributed by atoms with Crippen LogP contribution in [0.5, 0.6) is 5.75 Å². The molecule has 0 bridgehead atoms. The lowest BCUT2D eigenvalue weighted by Crippen LogP contribution is -2.24. The molecule has 2 aromatic rings. The maximum atomic E-state index is 9.63. The van der Waals surface area contributed by atoms with Crippen molar-refractivity contribution in [2.24, 2.45) is 0 Å². The second-order valence-electron chi connectivity index (χ2n) is 4.46. The third-order valence-corrected chi connectivity index (χ3v) is 3.49.